The number of nitrogens with two attached hydrogens (primary N) is 1. The van der Waals surface area contributed by atoms with Crippen LogP contribution in [0.25, 0.3) is 0 Å². The van der Waals surface area contributed by atoms with Gasteiger partial charge >= 0.3 is 0 Å². The summed E-state index contributed by atoms with van der Waals surface area (Å²) < 4.78 is 28.1. The maximum absolute atomic E-state index is 11.9. The van der Waals surface area contributed by atoms with Crippen LogP contribution in [0.3, 0.4) is 0 Å². The van der Waals surface area contributed by atoms with Gasteiger partial charge < -0.3 is 9.64 Å². The molecule has 2 N–H and O–H groups in total. The highest BCUT2D eigenvalue weighted by Gasteiger charge is 2.36. The largest absolute Gasteiger partial charge is 0.475 e. The van der Waals surface area contributed by atoms with E-state index in [0.29, 0.717) is 12.4 Å². The number of pyridine rings is 1. The van der Waals surface area contributed by atoms with Crippen LogP contribution in [0.15, 0.2) is 18.3 Å². The van der Waals surface area contributed by atoms with Crippen molar-refractivity contribution in [2.24, 2.45) is 5.14 Å². The number of likely N-dealkylation sites (tertiary alicyclic amines) is 1. The lowest BCUT2D eigenvalue weighted by Gasteiger charge is -2.17. The first-order valence-corrected chi connectivity index (χ1v) is 8.27. The van der Waals surface area contributed by atoms with Crippen LogP contribution in [-0.4, -0.2) is 42.1 Å². The highest BCUT2D eigenvalue weighted by molar-refractivity contribution is 7.89. The quantitative estimate of drug-likeness (QED) is 0.840. The van der Waals surface area contributed by atoms with Crippen molar-refractivity contribution in [3.8, 4) is 5.88 Å². The number of carbonyl (C=O) groups is 1. The molecule has 0 aliphatic carbocycles. The summed E-state index contributed by atoms with van der Waals surface area (Å²) in [5.41, 5.74) is 0.837. The summed E-state index contributed by atoms with van der Waals surface area (Å²) in [6.45, 7) is 4.24. The van der Waals surface area contributed by atoms with Gasteiger partial charge in [0.25, 0.3) is 0 Å². The molecule has 0 radical (unpaired) electrons. The summed E-state index contributed by atoms with van der Waals surface area (Å²) in [4.78, 5) is 17.4. The summed E-state index contributed by atoms with van der Waals surface area (Å²) in [6, 6.07) is 3.52. The zero-order chi connectivity index (χ0) is 15.6. The van der Waals surface area contributed by atoms with Gasteiger partial charge in [-0.15, -0.1) is 0 Å². The van der Waals surface area contributed by atoms with Gasteiger partial charge in [-0.1, -0.05) is 0 Å². The minimum Gasteiger partial charge on any atom is -0.475 e. The Hall–Kier alpha value is -1.67. The number of nitrogens with zero attached hydrogens (tertiary/aromatic N) is 2. The molecule has 8 heteroatoms. The van der Waals surface area contributed by atoms with Gasteiger partial charge in [0.05, 0.1) is 6.10 Å². The van der Waals surface area contributed by atoms with Gasteiger partial charge in [0.15, 0.2) is 0 Å². The second-order valence-electron chi connectivity index (χ2n) is 5.36. The Kier molecular flexibility index (Phi) is 4.48. The number of primary sulfonamides is 1. The molecule has 2 heterocycles. The molecule has 116 valence electrons. The maximum Gasteiger partial charge on any atom is 0.224 e. The molecule has 1 saturated heterocycles. The molecule has 1 atom stereocenters. The number of aromatic nitrogens is 1. The molecule has 2 rings (SSSR count). The lowest BCUT2D eigenvalue weighted by molar-refractivity contribution is -0.128. The third-order valence-electron chi connectivity index (χ3n) is 3.17. The molecule has 1 aromatic heterocycles. The molecule has 7 nitrogen and oxygen atoms in total. The number of carbonyl (C=O) groups excluding carboxylic acids is 1. The highest BCUT2D eigenvalue weighted by atomic mass is 32.2. The van der Waals surface area contributed by atoms with Gasteiger partial charge in [0.2, 0.25) is 21.8 Å². The van der Waals surface area contributed by atoms with E-state index in [-0.39, 0.29) is 25.0 Å². The molecular formula is C13H19N3O4S. The van der Waals surface area contributed by atoms with Gasteiger partial charge in [0.1, 0.15) is 5.25 Å². The Labute approximate surface area is 124 Å². The lowest BCUT2D eigenvalue weighted by atomic mass is 10.2. The summed E-state index contributed by atoms with van der Waals surface area (Å²) in [5.74, 6) is 0.273. The van der Waals surface area contributed by atoms with Gasteiger partial charge in [0, 0.05) is 31.8 Å². The summed E-state index contributed by atoms with van der Waals surface area (Å²) in [7, 11) is -3.68. The van der Waals surface area contributed by atoms with Crippen molar-refractivity contribution in [1.29, 1.82) is 0 Å². The Morgan fingerprint density at radius 2 is 2.24 bits per heavy atom. The zero-order valence-electron chi connectivity index (χ0n) is 12.0. The second-order valence-corrected chi connectivity index (χ2v) is 7.20. The molecule has 1 aliphatic rings. The Balaban J connectivity index is 2.07. The molecule has 0 bridgehead atoms. The SMILES string of the molecule is CC(C)Oc1cc(CN2CC(S(N)(=O)=O)CC2=O)ccn1. The van der Waals surface area contributed by atoms with Crippen LogP contribution in [0.2, 0.25) is 0 Å². The van der Waals surface area contributed by atoms with E-state index >= 15 is 0 Å². The Bertz CT molecular complexity index is 630. The van der Waals surface area contributed by atoms with Gasteiger partial charge in [-0.05, 0) is 25.5 Å². The van der Waals surface area contributed by atoms with E-state index in [1.807, 2.05) is 13.8 Å². The summed E-state index contributed by atoms with van der Waals surface area (Å²) >= 11 is 0. The predicted octanol–water partition coefficient (Wildman–Crippen LogP) is 0.258. The van der Waals surface area contributed by atoms with E-state index in [1.165, 1.54) is 4.90 Å². The minimum atomic E-state index is -3.68. The summed E-state index contributed by atoms with van der Waals surface area (Å²) in [6.07, 6.45) is 1.55. The number of hydrogen-bond donors (Lipinski definition) is 1. The van der Waals surface area contributed by atoms with Crippen molar-refractivity contribution >= 4 is 15.9 Å². The van der Waals surface area contributed by atoms with E-state index in [4.69, 9.17) is 9.88 Å². The highest BCUT2D eigenvalue weighted by Crippen LogP contribution is 2.20. The second kappa shape index (κ2) is 5.98. The maximum atomic E-state index is 11.9. The first-order valence-electron chi connectivity index (χ1n) is 6.66. The van der Waals surface area contributed by atoms with Gasteiger partial charge in [-0.25, -0.2) is 18.5 Å². The fourth-order valence-corrected chi connectivity index (χ4v) is 2.95. The number of amides is 1. The van der Waals surface area contributed by atoms with Crippen molar-refractivity contribution in [1.82, 2.24) is 9.88 Å². The number of rotatable bonds is 5. The standard InChI is InChI=1S/C13H19N3O4S/c1-9(2)20-12-5-10(3-4-15-12)7-16-8-11(6-13(16)17)21(14,18)19/h3-5,9,11H,6-8H2,1-2H3,(H2,14,18,19). The van der Waals surface area contributed by atoms with Crippen LogP contribution < -0.4 is 9.88 Å². The topological polar surface area (TPSA) is 103 Å². The van der Waals surface area contributed by atoms with Crippen LogP contribution >= 0.6 is 0 Å². The van der Waals surface area contributed by atoms with Crippen LogP contribution in [0, 0.1) is 0 Å². The molecule has 1 fully saturated rings. The van der Waals surface area contributed by atoms with Crippen LogP contribution in [-0.2, 0) is 21.4 Å². The van der Waals surface area contributed by atoms with Crippen LogP contribution in [0.1, 0.15) is 25.8 Å². The molecule has 21 heavy (non-hydrogen) atoms. The first-order chi connectivity index (χ1) is 9.75. The average Bonchev–Trinajstić information content (AvgIpc) is 2.70. The van der Waals surface area contributed by atoms with Crippen molar-refractivity contribution in [3.63, 3.8) is 0 Å². The Morgan fingerprint density at radius 1 is 1.52 bits per heavy atom. The van der Waals surface area contributed by atoms with Crippen molar-refractivity contribution in [2.75, 3.05) is 6.54 Å². The van der Waals surface area contributed by atoms with E-state index in [9.17, 15) is 13.2 Å². The van der Waals surface area contributed by atoms with Gasteiger partial charge in [-0.3, -0.25) is 4.79 Å². The minimum absolute atomic E-state index is 0.00734. The normalized spacial score (nSPS) is 19.3. The number of hydrogen-bond acceptors (Lipinski definition) is 5. The Morgan fingerprint density at radius 3 is 2.81 bits per heavy atom. The molecule has 1 unspecified atom stereocenters. The fraction of sp³-hybridized carbons (Fsp3) is 0.538. The third-order valence-corrected chi connectivity index (χ3v) is 4.42. The van der Waals surface area contributed by atoms with Crippen molar-refractivity contribution < 1.29 is 17.9 Å². The monoisotopic (exact) mass is 313 g/mol. The molecule has 0 spiro atoms. The number of ether oxygens (including phenoxy) is 1. The molecular weight excluding hydrogens is 294 g/mol. The molecule has 0 saturated carbocycles. The smallest absolute Gasteiger partial charge is 0.224 e. The van der Waals surface area contributed by atoms with Crippen molar-refractivity contribution in [2.45, 2.75) is 38.2 Å². The molecule has 1 aliphatic heterocycles. The van der Waals surface area contributed by atoms with E-state index in [2.05, 4.69) is 4.98 Å². The van der Waals surface area contributed by atoms with Crippen LogP contribution in [0.5, 0.6) is 5.88 Å². The molecule has 1 amide bonds. The average molecular weight is 313 g/mol. The molecule has 1 aromatic rings. The summed E-state index contributed by atoms with van der Waals surface area (Å²) in [5, 5.41) is 4.28. The predicted molar refractivity (Wildman–Crippen MR) is 76.9 cm³/mol. The fourth-order valence-electron chi connectivity index (χ4n) is 2.18. The molecule has 0 aromatic carbocycles. The van der Waals surface area contributed by atoms with Crippen LogP contribution in [0.4, 0.5) is 0 Å². The van der Waals surface area contributed by atoms with E-state index in [0.717, 1.165) is 5.56 Å². The van der Waals surface area contributed by atoms with Gasteiger partial charge in [-0.2, -0.15) is 0 Å². The van der Waals surface area contributed by atoms with Crippen molar-refractivity contribution in [3.05, 3.63) is 23.9 Å². The lowest BCUT2D eigenvalue weighted by Crippen LogP contribution is -2.31. The zero-order valence-corrected chi connectivity index (χ0v) is 12.8. The third kappa shape index (κ3) is 4.15. The van der Waals surface area contributed by atoms with E-state index < -0.39 is 15.3 Å². The first kappa shape index (κ1) is 15.7. The number of sulfonamides is 1. The van der Waals surface area contributed by atoms with E-state index in [1.54, 1.807) is 18.3 Å².